The summed E-state index contributed by atoms with van der Waals surface area (Å²) in [5.74, 6) is -1.05. The third-order valence-electron chi connectivity index (χ3n) is 1.28. The molecular weight excluding hydrogens is 180 g/mol. The van der Waals surface area contributed by atoms with E-state index < -0.39 is 5.97 Å². The molecule has 0 atom stereocenters. The van der Waals surface area contributed by atoms with Crippen molar-refractivity contribution in [2.24, 2.45) is 9.75 Å². The largest absolute Gasteiger partial charge is 0.478 e. The first-order valence-corrected chi connectivity index (χ1v) is 3.44. The molecule has 0 radical (unpaired) electrons. The molecule has 0 saturated carbocycles. The highest BCUT2D eigenvalue weighted by molar-refractivity contribution is 6.14. The summed E-state index contributed by atoms with van der Waals surface area (Å²) in [4.78, 5) is 10.6. The maximum Gasteiger partial charge on any atom is 0.337 e. The Balaban J connectivity index is 3.17. The summed E-state index contributed by atoms with van der Waals surface area (Å²) in [5.41, 5.74) is 0.335. The molecule has 1 N–H and O–H groups in total. The highest BCUT2D eigenvalue weighted by Gasteiger charge is 2.07. The van der Waals surface area contributed by atoms with Gasteiger partial charge in [-0.2, -0.15) is 0 Å². The van der Waals surface area contributed by atoms with Crippen LogP contribution in [-0.4, -0.2) is 11.1 Å². The van der Waals surface area contributed by atoms with Crippen LogP contribution >= 0.6 is 11.8 Å². The van der Waals surface area contributed by atoms with Gasteiger partial charge in [-0.1, -0.05) is 16.8 Å². The van der Waals surface area contributed by atoms with Gasteiger partial charge in [-0.15, -0.1) is 5.11 Å². The molecule has 5 heteroatoms. The van der Waals surface area contributed by atoms with E-state index in [1.54, 1.807) is 12.1 Å². The van der Waals surface area contributed by atoms with E-state index in [2.05, 4.69) is 9.75 Å². The van der Waals surface area contributed by atoms with E-state index in [0.29, 0.717) is 0 Å². The van der Waals surface area contributed by atoms with Crippen LogP contribution in [0.15, 0.2) is 34.0 Å². The summed E-state index contributed by atoms with van der Waals surface area (Å²) in [6.07, 6.45) is 0. The monoisotopic (exact) mass is 184 g/mol. The Morgan fingerprint density at radius 1 is 1.42 bits per heavy atom. The van der Waals surface area contributed by atoms with Crippen molar-refractivity contribution < 1.29 is 9.90 Å². The molecule has 0 spiro atoms. The Bertz CT molecular complexity index is 325. The minimum Gasteiger partial charge on any atom is -0.478 e. The lowest BCUT2D eigenvalue weighted by atomic mass is 10.2. The van der Waals surface area contributed by atoms with Gasteiger partial charge in [0.25, 0.3) is 0 Å². The summed E-state index contributed by atoms with van der Waals surface area (Å²) in [5, 5.41) is 12.1. The fourth-order valence-electron chi connectivity index (χ4n) is 0.782. The van der Waals surface area contributed by atoms with Crippen molar-refractivity contribution in [2.75, 3.05) is 0 Å². The van der Waals surface area contributed by atoms with Gasteiger partial charge in [-0.25, -0.2) is 4.79 Å². The van der Waals surface area contributed by atoms with Crippen LogP contribution in [0.2, 0.25) is 0 Å². The van der Waals surface area contributed by atoms with Gasteiger partial charge in [0.1, 0.15) is 5.69 Å². The lowest BCUT2D eigenvalue weighted by molar-refractivity contribution is 0.0698. The maximum absolute atomic E-state index is 10.6. The van der Waals surface area contributed by atoms with Crippen LogP contribution in [0.1, 0.15) is 10.4 Å². The number of hydrogen-bond acceptors (Lipinski definition) is 3. The van der Waals surface area contributed by atoms with E-state index in [1.165, 1.54) is 12.1 Å². The molecule has 0 saturated heterocycles. The fraction of sp³-hybridized carbons (Fsp3) is 0. The number of carboxylic acids is 1. The van der Waals surface area contributed by atoms with E-state index in [4.69, 9.17) is 16.9 Å². The number of aromatic carboxylic acids is 1. The van der Waals surface area contributed by atoms with Crippen molar-refractivity contribution >= 4 is 23.4 Å². The number of benzene rings is 1. The quantitative estimate of drug-likeness (QED) is 0.719. The van der Waals surface area contributed by atoms with Crippen molar-refractivity contribution in [1.29, 1.82) is 0 Å². The average molecular weight is 185 g/mol. The first-order chi connectivity index (χ1) is 5.75. The zero-order chi connectivity index (χ0) is 8.97. The fourth-order valence-corrected chi connectivity index (χ4v) is 0.864. The predicted molar refractivity (Wildman–Crippen MR) is 43.8 cm³/mol. The van der Waals surface area contributed by atoms with Gasteiger partial charge in [-0.3, -0.25) is 0 Å². The Morgan fingerprint density at radius 3 is 2.67 bits per heavy atom. The average Bonchev–Trinajstić information content (AvgIpc) is 2.05. The molecule has 12 heavy (non-hydrogen) atoms. The van der Waals surface area contributed by atoms with Gasteiger partial charge < -0.3 is 5.11 Å². The van der Waals surface area contributed by atoms with Gasteiger partial charge in [0.2, 0.25) is 0 Å². The molecule has 1 rings (SSSR count). The molecule has 0 unspecified atom stereocenters. The van der Waals surface area contributed by atoms with Gasteiger partial charge in [0.05, 0.1) is 17.3 Å². The first kappa shape index (κ1) is 8.67. The Hall–Kier alpha value is -1.42. The summed E-state index contributed by atoms with van der Waals surface area (Å²) >= 11 is 4.98. The second-order valence-corrected chi connectivity index (χ2v) is 2.15. The zero-order valence-corrected chi connectivity index (χ0v) is 6.69. The third-order valence-corrected chi connectivity index (χ3v) is 1.36. The van der Waals surface area contributed by atoms with Crippen molar-refractivity contribution in [3.05, 3.63) is 29.8 Å². The lowest BCUT2D eigenvalue weighted by Crippen LogP contribution is -1.95. The summed E-state index contributed by atoms with van der Waals surface area (Å²) in [6.45, 7) is 0. The second kappa shape index (κ2) is 3.82. The Labute approximate surface area is 73.6 Å². The number of nitrogens with zero attached hydrogens (tertiary/aromatic N) is 2. The lowest BCUT2D eigenvalue weighted by Gasteiger charge is -1.96. The van der Waals surface area contributed by atoms with Crippen LogP contribution < -0.4 is 0 Å². The molecular formula is C7H5ClN2O2. The number of halogens is 1. The standard InChI is InChI=1S/C7H5ClN2O2/c8-10-9-6-4-2-1-3-5(6)7(11)12/h1-4H,(H,11,12)/b10-9+. The zero-order valence-electron chi connectivity index (χ0n) is 5.94. The third kappa shape index (κ3) is 1.79. The molecule has 1 aromatic rings. The second-order valence-electron chi connectivity index (χ2n) is 2.00. The van der Waals surface area contributed by atoms with Crippen LogP contribution in [0, 0.1) is 0 Å². The first-order valence-electron chi connectivity index (χ1n) is 3.10. The van der Waals surface area contributed by atoms with E-state index in [-0.39, 0.29) is 11.3 Å². The smallest absolute Gasteiger partial charge is 0.337 e. The molecule has 62 valence electrons. The minimum atomic E-state index is -1.05. The van der Waals surface area contributed by atoms with E-state index >= 15 is 0 Å². The van der Waals surface area contributed by atoms with E-state index in [9.17, 15) is 4.79 Å². The van der Waals surface area contributed by atoms with Crippen LogP contribution in [0.5, 0.6) is 0 Å². The SMILES string of the molecule is O=C(O)c1ccccc1/N=N/Cl. The molecule has 0 aliphatic rings. The van der Waals surface area contributed by atoms with Crippen molar-refractivity contribution in [3.8, 4) is 0 Å². The van der Waals surface area contributed by atoms with E-state index in [1.807, 2.05) is 0 Å². The summed E-state index contributed by atoms with van der Waals surface area (Å²) in [6, 6.07) is 6.22. The Morgan fingerprint density at radius 2 is 2.08 bits per heavy atom. The normalized spacial score (nSPS) is 10.4. The molecule has 1 aromatic carbocycles. The molecule has 0 aliphatic carbocycles. The number of hydrogen-bond donors (Lipinski definition) is 1. The van der Waals surface area contributed by atoms with Crippen molar-refractivity contribution in [3.63, 3.8) is 0 Å². The van der Waals surface area contributed by atoms with Gasteiger partial charge in [-0.05, 0) is 12.1 Å². The van der Waals surface area contributed by atoms with Crippen LogP contribution in [0.25, 0.3) is 0 Å². The van der Waals surface area contributed by atoms with Crippen LogP contribution in [-0.2, 0) is 0 Å². The van der Waals surface area contributed by atoms with Crippen LogP contribution in [0.4, 0.5) is 5.69 Å². The topological polar surface area (TPSA) is 62.0 Å². The summed E-state index contributed by atoms with van der Waals surface area (Å²) < 4.78 is 2.98. The van der Waals surface area contributed by atoms with Crippen molar-refractivity contribution in [1.82, 2.24) is 0 Å². The Kier molecular flexibility index (Phi) is 2.76. The van der Waals surface area contributed by atoms with Gasteiger partial charge in [0.15, 0.2) is 0 Å². The highest BCUT2D eigenvalue weighted by atomic mass is 35.5. The maximum atomic E-state index is 10.6. The molecule has 0 bridgehead atoms. The van der Waals surface area contributed by atoms with Gasteiger partial charge in [0, 0.05) is 0 Å². The molecule has 0 heterocycles. The molecule has 4 nitrogen and oxygen atoms in total. The van der Waals surface area contributed by atoms with Crippen molar-refractivity contribution in [2.45, 2.75) is 0 Å². The van der Waals surface area contributed by atoms with E-state index in [0.717, 1.165) is 0 Å². The van der Waals surface area contributed by atoms with Crippen LogP contribution in [0.3, 0.4) is 0 Å². The molecule has 0 amide bonds. The molecule has 0 aromatic heterocycles. The molecule has 0 aliphatic heterocycles. The minimum absolute atomic E-state index is 0.0851. The molecule has 0 fully saturated rings. The summed E-state index contributed by atoms with van der Waals surface area (Å²) in [7, 11) is 0. The van der Waals surface area contributed by atoms with Gasteiger partial charge >= 0.3 is 5.97 Å². The highest BCUT2D eigenvalue weighted by Crippen LogP contribution is 2.18. The number of carbonyl (C=O) groups is 1. The predicted octanol–water partition coefficient (Wildman–Crippen LogP) is 2.62. The number of carboxylic acid groups (broad SMARTS) is 1. The number of rotatable bonds is 2.